The molecule has 0 fully saturated rings. The molecule has 0 spiro atoms. The van der Waals surface area contributed by atoms with Gasteiger partial charge < -0.3 is 11.6 Å². The van der Waals surface area contributed by atoms with E-state index in [0.717, 1.165) is 25.7 Å². The first-order valence-corrected chi connectivity index (χ1v) is 12.2. The van der Waals surface area contributed by atoms with Crippen LogP contribution in [0, 0.1) is 0 Å². The number of nitrogens with two attached hydrogens (primary N) is 4. The van der Waals surface area contributed by atoms with Crippen LogP contribution in [-0.4, -0.2) is 71.6 Å². The van der Waals surface area contributed by atoms with E-state index in [-0.39, 0.29) is 57.2 Å². The molecule has 6 amide bonds. The molecule has 5 radical (unpaired) electrons. The van der Waals surface area contributed by atoms with Crippen molar-refractivity contribution in [3.8, 4) is 0 Å². The van der Waals surface area contributed by atoms with Gasteiger partial charge in [-0.2, -0.15) is 0 Å². The Morgan fingerprint density at radius 3 is 1.00 bits per heavy atom. The fourth-order valence-electron chi connectivity index (χ4n) is 1.83. The molecule has 0 aliphatic carbocycles. The van der Waals surface area contributed by atoms with E-state index in [2.05, 4.69) is 53.0 Å². The van der Waals surface area contributed by atoms with Crippen LogP contribution in [0.4, 0.5) is 0 Å². The van der Waals surface area contributed by atoms with E-state index < -0.39 is 35.4 Å². The Labute approximate surface area is 273 Å². The number of nitrogens with zero attached hydrogens (tertiary/aromatic N) is 1. The second-order valence-electron chi connectivity index (χ2n) is 6.31. The van der Waals surface area contributed by atoms with Crippen LogP contribution in [0.2, 0.25) is 0 Å². The Hall–Kier alpha value is -2.62. The summed E-state index contributed by atoms with van der Waals surface area (Å²) >= 11 is 0. The molecule has 0 aromatic carbocycles. The van der Waals surface area contributed by atoms with Gasteiger partial charge in [-0.25, -0.2) is 34.2 Å². The summed E-state index contributed by atoms with van der Waals surface area (Å²) in [5.74, 6) is 15.9. The largest absolute Gasteiger partial charge is 1.00 e. The number of carbonyl (C=O) groups is 6. The maximum absolute atomic E-state index is 11.2. The molecule has 22 heteroatoms. The monoisotopic (exact) mass is 610 g/mol. The topological polar surface area (TPSA) is 315 Å². The maximum Gasteiger partial charge on any atom is 1.00 e. The normalized spacial score (nSPS) is 8.00. The second-order valence-corrected chi connectivity index (χ2v) is 6.31. The third-order valence-electron chi connectivity index (χ3n) is 3.42. The Kier molecular flexibility index (Phi) is 63.4. The molecular weight excluding hydrogens is 563 g/mol. The quantitative estimate of drug-likeness (QED) is 0.0120. The van der Waals surface area contributed by atoms with E-state index in [9.17, 15) is 28.8 Å². The molecule has 19 nitrogen and oxygen atoms in total. The first kappa shape index (κ1) is 55.3. The van der Waals surface area contributed by atoms with Gasteiger partial charge >= 0.3 is 29.6 Å². The molecule has 16 N–H and O–H groups in total. The van der Waals surface area contributed by atoms with E-state index in [4.69, 9.17) is 11.7 Å². The van der Waals surface area contributed by atoms with Crippen molar-refractivity contribution in [3.63, 3.8) is 0 Å². The van der Waals surface area contributed by atoms with Crippen molar-refractivity contribution in [1.82, 2.24) is 43.4 Å². The van der Waals surface area contributed by atoms with Gasteiger partial charge in [-0.15, -0.1) is 0 Å². The molecule has 0 saturated heterocycles. The molecule has 0 aromatic rings. The minimum Gasteiger partial charge on any atom is -0.572 e. The van der Waals surface area contributed by atoms with E-state index in [1.165, 1.54) is 0 Å². The van der Waals surface area contributed by atoms with Gasteiger partial charge in [0, 0.05) is 21.5 Å². The van der Waals surface area contributed by atoms with Crippen LogP contribution in [0.25, 0.3) is 0 Å². The molecule has 42 heavy (non-hydrogen) atoms. The summed E-state index contributed by atoms with van der Waals surface area (Å²) in [5.41, 5.74) is 17.5. The minimum absolute atomic E-state index is 0. The van der Waals surface area contributed by atoms with Crippen LogP contribution in [0.15, 0.2) is 4.90 Å². The van der Waals surface area contributed by atoms with Gasteiger partial charge in [0.1, 0.15) is 19.3 Å². The van der Waals surface area contributed by atoms with Gasteiger partial charge in [0.2, 0.25) is 43.4 Å². The zero-order valence-electron chi connectivity index (χ0n) is 25.3. The van der Waals surface area contributed by atoms with Crippen molar-refractivity contribution in [2.75, 3.05) is 13.1 Å². The van der Waals surface area contributed by atoms with Crippen LogP contribution in [0.3, 0.4) is 0 Å². The molecule has 0 atom stereocenters. The van der Waals surface area contributed by atoms with E-state index in [1.807, 2.05) is 38.5 Å². The Balaban J connectivity index is -0.000000114. The molecule has 0 rings (SSSR count). The third kappa shape index (κ3) is 53.6. The molecule has 0 bridgehead atoms. The average molecular weight is 610 g/mol. The van der Waals surface area contributed by atoms with Gasteiger partial charge in [0.05, 0.1) is 0 Å². The number of carbonyl (C=O) groups excluding carboxylic acids is 6. The molecular formula is C20H47B2N13NaO6. The van der Waals surface area contributed by atoms with Crippen molar-refractivity contribution in [3.05, 3.63) is 0 Å². The fourth-order valence-corrected chi connectivity index (χ4v) is 1.83. The van der Waals surface area contributed by atoms with Crippen molar-refractivity contribution < 1.29 is 58.3 Å². The first-order valence-electron chi connectivity index (χ1n) is 12.2. The molecule has 0 unspecified atom stereocenters. The van der Waals surface area contributed by atoms with E-state index in [1.54, 1.807) is 10.9 Å². The zero-order chi connectivity index (χ0) is 32.2. The Morgan fingerprint density at radius 2 is 0.786 bits per heavy atom. The predicted octanol–water partition coefficient (Wildman–Crippen LogP) is -7.77. The Morgan fingerprint density at radius 1 is 0.571 bits per heavy atom. The summed E-state index contributed by atoms with van der Waals surface area (Å²) in [7, 11) is 4.25. The zero-order valence-corrected chi connectivity index (χ0v) is 27.3. The first-order chi connectivity index (χ1) is 19.1. The number of nitrogens with one attached hydrogen (secondary N) is 8. The van der Waals surface area contributed by atoms with Crippen LogP contribution >= 0.6 is 0 Å². The number of amides is 6. The van der Waals surface area contributed by atoms with E-state index >= 15 is 0 Å². The van der Waals surface area contributed by atoms with Crippen molar-refractivity contribution in [1.29, 1.82) is 0 Å². The van der Waals surface area contributed by atoms with Crippen molar-refractivity contribution in [2.24, 2.45) is 28.3 Å². The summed E-state index contributed by atoms with van der Waals surface area (Å²) in [6.07, 6.45) is 2.54. The third-order valence-corrected chi connectivity index (χ3v) is 3.42. The average Bonchev–Trinajstić information content (AvgIpc) is 2.96. The minimum atomic E-state index is -0.571. The predicted molar refractivity (Wildman–Crippen MR) is 157 cm³/mol. The van der Waals surface area contributed by atoms with Crippen LogP contribution < -0.4 is 96.3 Å². The van der Waals surface area contributed by atoms with Crippen LogP contribution in [0.1, 0.15) is 72.6 Å². The summed E-state index contributed by atoms with van der Waals surface area (Å²) < 4.78 is 0. The molecule has 0 saturated carbocycles. The molecule has 235 valence electrons. The summed E-state index contributed by atoms with van der Waals surface area (Å²) in [6.45, 7) is 13.4. The molecule has 0 aromatic heterocycles. The smallest absolute Gasteiger partial charge is 0.572 e. The SMILES string of the molecule is CC.CC.NNC(=O)CC(=O)NN.NNC(=O)CC(=O)NNCCCCCCNNC(=O)CC(=O)NN.[B].[B]N=[CH-].[Na+]. The molecule has 0 aliphatic heterocycles. The maximum atomic E-state index is 11.2. The Bertz CT molecular complexity index is 647. The van der Waals surface area contributed by atoms with Crippen LogP contribution in [0.5, 0.6) is 0 Å². The van der Waals surface area contributed by atoms with Gasteiger partial charge in [0.15, 0.2) is 0 Å². The number of unbranched alkanes of at least 4 members (excludes halogenated alkanes) is 3. The van der Waals surface area contributed by atoms with Crippen molar-refractivity contribution >= 4 is 58.6 Å². The van der Waals surface area contributed by atoms with Crippen molar-refractivity contribution in [2.45, 2.75) is 72.6 Å². The van der Waals surface area contributed by atoms with Crippen LogP contribution in [-0.2, 0) is 28.8 Å². The standard InChI is InChI=1S/C12H26N8O4.C3H8N4O2.2C2H6.CHBN.B.Na/c13-17-9(21)7-11(23)19-15-5-3-1-2-4-6-16-20-12(24)8-10(22)18-14;4-6-2(8)1-3(9)7-5;2*1-2;1-3-2;;/h15-16H,1-8,13-14H2,(H,17,21)(H,18,22)(H,19,23)(H,20,24);1,4-5H2,(H,6,8)(H,7,9);2*1-2H3;1H;;/q;;;;-1;;+1. The van der Waals surface area contributed by atoms with Gasteiger partial charge in [-0.1, -0.05) is 40.5 Å². The number of hydrazine groups is 6. The molecule has 0 heterocycles. The number of hydrogen-bond acceptors (Lipinski definition) is 13. The van der Waals surface area contributed by atoms with E-state index in [0.29, 0.717) is 13.1 Å². The number of rotatable bonds is 15. The summed E-state index contributed by atoms with van der Waals surface area (Å²) in [6, 6.07) is 0. The van der Waals surface area contributed by atoms with Gasteiger partial charge in [-0.3, -0.25) is 61.3 Å². The van der Waals surface area contributed by atoms with Gasteiger partial charge in [-0.05, 0) is 12.8 Å². The van der Waals surface area contributed by atoms with Gasteiger partial charge in [0.25, 0.3) is 0 Å². The number of hydrogen-bond donors (Lipinski definition) is 12. The fraction of sp³-hybridized carbons (Fsp3) is 0.650. The summed E-state index contributed by atoms with van der Waals surface area (Å²) in [5, 5.41) is 0. The summed E-state index contributed by atoms with van der Waals surface area (Å²) in [4.78, 5) is 67.0. The second kappa shape index (κ2) is 48.1. The molecule has 0 aliphatic rings.